The predicted molar refractivity (Wildman–Crippen MR) is 73.0 cm³/mol. The Morgan fingerprint density at radius 1 is 1.28 bits per heavy atom. The molecule has 2 aliphatic rings. The van der Waals surface area contributed by atoms with Crippen LogP contribution in [0.1, 0.15) is 39.5 Å². The lowest BCUT2D eigenvalue weighted by Crippen LogP contribution is -2.47. The van der Waals surface area contributed by atoms with Crippen molar-refractivity contribution < 1.29 is 4.79 Å². The Morgan fingerprint density at radius 2 is 1.94 bits per heavy atom. The Hall–Kier alpha value is -1.01. The first-order chi connectivity index (χ1) is 8.61. The van der Waals surface area contributed by atoms with E-state index < -0.39 is 0 Å². The third kappa shape index (κ3) is 2.87. The molecule has 2 rings (SSSR count). The molecule has 0 aliphatic carbocycles. The van der Waals surface area contributed by atoms with Crippen LogP contribution >= 0.6 is 0 Å². The van der Waals surface area contributed by atoms with Gasteiger partial charge in [-0.05, 0) is 26.7 Å². The van der Waals surface area contributed by atoms with E-state index in [0.29, 0.717) is 18.5 Å². The highest BCUT2D eigenvalue weighted by atomic mass is 16.2. The maximum Gasteiger partial charge on any atom is 0.223 e. The van der Waals surface area contributed by atoms with Gasteiger partial charge in [0.15, 0.2) is 0 Å². The van der Waals surface area contributed by atoms with Crippen molar-refractivity contribution in [3.8, 4) is 12.3 Å². The van der Waals surface area contributed by atoms with E-state index >= 15 is 0 Å². The Morgan fingerprint density at radius 3 is 2.50 bits per heavy atom. The van der Waals surface area contributed by atoms with E-state index in [-0.39, 0.29) is 11.8 Å². The molecule has 18 heavy (non-hydrogen) atoms. The maximum absolute atomic E-state index is 11.8. The Bertz CT molecular complexity index is 337. The monoisotopic (exact) mass is 248 g/mol. The maximum atomic E-state index is 11.8. The van der Waals surface area contributed by atoms with E-state index in [2.05, 4.69) is 24.7 Å². The number of piperidine rings is 1. The van der Waals surface area contributed by atoms with Crippen LogP contribution in [0.25, 0.3) is 0 Å². The summed E-state index contributed by atoms with van der Waals surface area (Å²) < 4.78 is 0. The molecule has 2 fully saturated rings. The highest BCUT2D eigenvalue weighted by molar-refractivity contribution is 5.79. The highest BCUT2D eigenvalue weighted by Crippen LogP contribution is 2.23. The fourth-order valence-corrected chi connectivity index (χ4v) is 3.25. The molecule has 100 valence electrons. The molecular weight excluding hydrogens is 224 g/mol. The summed E-state index contributed by atoms with van der Waals surface area (Å²) in [6.45, 7) is 7.18. The third-order valence-electron chi connectivity index (χ3n) is 4.45. The van der Waals surface area contributed by atoms with Gasteiger partial charge >= 0.3 is 0 Å². The average molecular weight is 248 g/mol. The minimum absolute atomic E-state index is 0.133. The van der Waals surface area contributed by atoms with E-state index in [9.17, 15) is 4.79 Å². The zero-order chi connectivity index (χ0) is 13.1. The van der Waals surface area contributed by atoms with Crippen LogP contribution < -0.4 is 0 Å². The van der Waals surface area contributed by atoms with Gasteiger partial charge in [-0.25, -0.2) is 0 Å². The SMILES string of the molecule is C#CC1CC(=O)N(CCN2C(C)CCCC2C)C1. The minimum atomic E-state index is 0.133. The van der Waals surface area contributed by atoms with Crippen LogP contribution in [-0.2, 0) is 4.79 Å². The highest BCUT2D eigenvalue weighted by Gasteiger charge is 2.30. The summed E-state index contributed by atoms with van der Waals surface area (Å²) in [4.78, 5) is 16.3. The molecule has 0 aromatic heterocycles. The minimum Gasteiger partial charge on any atom is -0.340 e. The first-order valence-electron chi connectivity index (χ1n) is 7.11. The van der Waals surface area contributed by atoms with Gasteiger partial charge in [-0.2, -0.15) is 0 Å². The first-order valence-corrected chi connectivity index (χ1v) is 7.11. The summed E-state index contributed by atoms with van der Waals surface area (Å²) in [6.07, 6.45) is 9.85. The summed E-state index contributed by atoms with van der Waals surface area (Å²) >= 11 is 0. The van der Waals surface area contributed by atoms with Crippen LogP contribution in [0.4, 0.5) is 0 Å². The van der Waals surface area contributed by atoms with Gasteiger partial charge in [0, 0.05) is 44.1 Å². The lowest BCUT2D eigenvalue weighted by atomic mass is 9.97. The van der Waals surface area contributed by atoms with E-state index in [1.807, 2.05) is 4.90 Å². The molecular formula is C15H24N2O. The van der Waals surface area contributed by atoms with Crippen LogP contribution in [0.15, 0.2) is 0 Å². The normalized spacial score (nSPS) is 33.7. The Kier molecular flexibility index (Phi) is 4.29. The smallest absolute Gasteiger partial charge is 0.223 e. The lowest BCUT2D eigenvalue weighted by molar-refractivity contribution is -0.128. The van der Waals surface area contributed by atoms with E-state index in [1.54, 1.807) is 0 Å². The fourth-order valence-electron chi connectivity index (χ4n) is 3.25. The largest absolute Gasteiger partial charge is 0.340 e. The number of hydrogen-bond donors (Lipinski definition) is 0. The molecule has 2 saturated heterocycles. The lowest BCUT2D eigenvalue weighted by Gasteiger charge is -2.39. The quantitative estimate of drug-likeness (QED) is 0.710. The summed E-state index contributed by atoms with van der Waals surface area (Å²) in [6, 6.07) is 1.30. The van der Waals surface area contributed by atoms with Gasteiger partial charge in [0.1, 0.15) is 0 Å². The van der Waals surface area contributed by atoms with Crippen molar-refractivity contribution in [1.82, 2.24) is 9.80 Å². The summed E-state index contributed by atoms with van der Waals surface area (Å²) in [5, 5.41) is 0. The van der Waals surface area contributed by atoms with E-state index in [4.69, 9.17) is 6.42 Å². The second-order valence-corrected chi connectivity index (χ2v) is 5.77. The molecule has 1 amide bonds. The molecule has 3 atom stereocenters. The van der Waals surface area contributed by atoms with Gasteiger partial charge in [0.25, 0.3) is 0 Å². The Balaban J connectivity index is 1.84. The van der Waals surface area contributed by atoms with Crippen molar-refractivity contribution in [2.24, 2.45) is 5.92 Å². The zero-order valence-electron chi connectivity index (χ0n) is 11.6. The molecule has 3 nitrogen and oxygen atoms in total. The first kappa shape index (κ1) is 13.4. The molecule has 2 aliphatic heterocycles. The average Bonchev–Trinajstić information content (AvgIpc) is 2.70. The van der Waals surface area contributed by atoms with Gasteiger partial charge < -0.3 is 4.90 Å². The summed E-state index contributed by atoms with van der Waals surface area (Å²) in [5.74, 6) is 3.07. The number of rotatable bonds is 3. The summed E-state index contributed by atoms with van der Waals surface area (Å²) in [7, 11) is 0. The van der Waals surface area contributed by atoms with Crippen molar-refractivity contribution in [3.05, 3.63) is 0 Å². The molecule has 2 heterocycles. The molecule has 3 unspecified atom stereocenters. The number of amides is 1. The van der Waals surface area contributed by atoms with E-state index in [1.165, 1.54) is 19.3 Å². The van der Waals surface area contributed by atoms with Crippen molar-refractivity contribution in [2.45, 2.75) is 51.6 Å². The van der Waals surface area contributed by atoms with Gasteiger partial charge in [-0.3, -0.25) is 9.69 Å². The van der Waals surface area contributed by atoms with Crippen LogP contribution in [0.5, 0.6) is 0 Å². The number of likely N-dealkylation sites (tertiary alicyclic amines) is 2. The molecule has 0 radical (unpaired) electrons. The van der Waals surface area contributed by atoms with Crippen LogP contribution in [-0.4, -0.2) is 47.4 Å². The molecule has 0 aromatic carbocycles. The number of carbonyl (C=O) groups is 1. The topological polar surface area (TPSA) is 23.6 Å². The van der Waals surface area contributed by atoms with Crippen molar-refractivity contribution in [1.29, 1.82) is 0 Å². The van der Waals surface area contributed by atoms with Crippen molar-refractivity contribution in [2.75, 3.05) is 19.6 Å². The second-order valence-electron chi connectivity index (χ2n) is 5.77. The molecule has 0 aromatic rings. The van der Waals surface area contributed by atoms with Gasteiger partial charge in [-0.1, -0.05) is 6.42 Å². The fraction of sp³-hybridized carbons (Fsp3) is 0.800. The van der Waals surface area contributed by atoms with Crippen LogP contribution in [0, 0.1) is 18.3 Å². The van der Waals surface area contributed by atoms with Crippen LogP contribution in [0.2, 0.25) is 0 Å². The molecule has 0 saturated carbocycles. The molecule has 0 spiro atoms. The molecule has 0 N–H and O–H groups in total. The number of nitrogens with zero attached hydrogens (tertiary/aromatic N) is 2. The van der Waals surface area contributed by atoms with Crippen molar-refractivity contribution in [3.63, 3.8) is 0 Å². The summed E-state index contributed by atoms with van der Waals surface area (Å²) in [5.41, 5.74) is 0. The second kappa shape index (κ2) is 5.75. The number of hydrogen-bond acceptors (Lipinski definition) is 2. The number of carbonyl (C=O) groups excluding carboxylic acids is 1. The van der Waals surface area contributed by atoms with Gasteiger partial charge in [0.05, 0.1) is 0 Å². The molecule has 3 heteroatoms. The third-order valence-corrected chi connectivity index (χ3v) is 4.45. The van der Waals surface area contributed by atoms with Gasteiger partial charge in [0.2, 0.25) is 5.91 Å². The van der Waals surface area contributed by atoms with Crippen LogP contribution in [0.3, 0.4) is 0 Å². The number of terminal acetylenes is 1. The predicted octanol–water partition coefficient (Wildman–Crippen LogP) is 1.73. The van der Waals surface area contributed by atoms with Crippen molar-refractivity contribution >= 4 is 5.91 Å². The van der Waals surface area contributed by atoms with Gasteiger partial charge in [-0.15, -0.1) is 12.3 Å². The molecule has 0 bridgehead atoms. The zero-order valence-corrected chi connectivity index (χ0v) is 11.6. The Labute approximate surface area is 111 Å². The standard InChI is InChI=1S/C15H24N2O/c1-4-14-10-15(18)16(11-14)8-9-17-12(2)6-5-7-13(17)3/h1,12-14H,5-11H2,2-3H3. The van der Waals surface area contributed by atoms with E-state index in [0.717, 1.165) is 19.6 Å².